The molecule has 1 amide bonds. The van der Waals surface area contributed by atoms with Crippen molar-refractivity contribution in [3.05, 3.63) is 24.3 Å². The molecule has 1 atom stereocenters. The molecule has 5 nitrogen and oxygen atoms in total. The molecule has 6 heteroatoms. The third-order valence-electron chi connectivity index (χ3n) is 3.78. The predicted octanol–water partition coefficient (Wildman–Crippen LogP) is 3.53. The number of para-hydroxylation sites is 1. The highest BCUT2D eigenvalue weighted by atomic mass is 32.1. The summed E-state index contributed by atoms with van der Waals surface area (Å²) in [4.78, 5) is 16.6. The van der Waals surface area contributed by atoms with Crippen molar-refractivity contribution in [2.45, 2.75) is 45.1 Å². The molecule has 2 aromatic rings. The zero-order chi connectivity index (χ0) is 15.4. The Labute approximate surface area is 133 Å². The van der Waals surface area contributed by atoms with Crippen LogP contribution in [0.2, 0.25) is 0 Å². The molecule has 0 saturated heterocycles. The van der Waals surface area contributed by atoms with Crippen LogP contribution in [0.5, 0.6) is 0 Å². The fourth-order valence-corrected chi connectivity index (χ4v) is 3.44. The molecule has 1 saturated carbocycles. The highest BCUT2D eigenvalue weighted by Gasteiger charge is 2.15. The van der Waals surface area contributed by atoms with Crippen molar-refractivity contribution in [1.82, 2.24) is 10.4 Å². The molecule has 1 aliphatic carbocycles. The molecule has 116 valence electrons. The largest absolute Gasteiger partial charge is 0.350 e. The summed E-state index contributed by atoms with van der Waals surface area (Å²) < 4.78 is 1.11. The van der Waals surface area contributed by atoms with Gasteiger partial charge in [0.25, 0.3) is 5.91 Å². The Morgan fingerprint density at radius 2 is 2.05 bits per heavy atom. The van der Waals surface area contributed by atoms with Crippen LogP contribution in [-0.4, -0.2) is 22.6 Å². The highest BCUT2D eigenvalue weighted by Crippen LogP contribution is 2.25. The van der Waals surface area contributed by atoms with Crippen LogP contribution in [0.15, 0.2) is 29.4 Å². The van der Waals surface area contributed by atoms with Crippen molar-refractivity contribution in [2.24, 2.45) is 5.10 Å². The second-order valence-electron chi connectivity index (χ2n) is 5.57. The Kier molecular flexibility index (Phi) is 4.68. The van der Waals surface area contributed by atoms with Gasteiger partial charge in [0, 0.05) is 5.71 Å². The van der Waals surface area contributed by atoms with Crippen molar-refractivity contribution in [1.29, 1.82) is 0 Å². The molecule has 22 heavy (non-hydrogen) atoms. The molecule has 2 N–H and O–H groups in total. The number of nitrogens with zero attached hydrogens (tertiary/aromatic N) is 2. The molecule has 0 unspecified atom stereocenters. The van der Waals surface area contributed by atoms with Crippen molar-refractivity contribution >= 4 is 38.3 Å². The summed E-state index contributed by atoms with van der Waals surface area (Å²) in [6, 6.07) is 7.58. The van der Waals surface area contributed by atoms with Crippen LogP contribution in [0.3, 0.4) is 0 Å². The zero-order valence-electron chi connectivity index (χ0n) is 12.6. The summed E-state index contributed by atoms with van der Waals surface area (Å²) >= 11 is 1.55. The topological polar surface area (TPSA) is 66.4 Å². The molecule has 3 rings (SSSR count). The van der Waals surface area contributed by atoms with E-state index in [2.05, 4.69) is 20.8 Å². The molecular formula is C16H20N4OS. The van der Waals surface area contributed by atoms with Gasteiger partial charge < -0.3 is 5.32 Å². The molecule has 1 fully saturated rings. The summed E-state index contributed by atoms with van der Waals surface area (Å²) in [5, 5.41) is 8.15. The van der Waals surface area contributed by atoms with Gasteiger partial charge in [-0.1, -0.05) is 29.9 Å². The van der Waals surface area contributed by atoms with Crippen molar-refractivity contribution in [3.8, 4) is 0 Å². The monoisotopic (exact) mass is 316 g/mol. The summed E-state index contributed by atoms with van der Waals surface area (Å²) in [7, 11) is 0. The number of rotatable bonds is 4. The van der Waals surface area contributed by atoms with Gasteiger partial charge in [-0.15, -0.1) is 0 Å². The second kappa shape index (κ2) is 6.87. The van der Waals surface area contributed by atoms with E-state index in [0.29, 0.717) is 0 Å². The number of fused-ring (bicyclic) bond motifs is 1. The lowest BCUT2D eigenvalue weighted by Gasteiger charge is -2.14. The number of hydrazone groups is 1. The van der Waals surface area contributed by atoms with Gasteiger partial charge in [0.15, 0.2) is 5.13 Å². The lowest BCUT2D eigenvalue weighted by molar-refractivity contribution is -0.121. The third-order valence-corrected chi connectivity index (χ3v) is 4.75. The maximum Gasteiger partial charge on any atom is 0.262 e. The van der Waals surface area contributed by atoms with Gasteiger partial charge >= 0.3 is 0 Å². The number of carbonyl (C=O) groups excluding carboxylic acids is 1. The first kappa shape index (κ1) is 15.0. The Morgan fingerprint density at radius 3 is 2.82 bits per heavy atom. The molecule has 1 aliphatic rings. The molecule has 1 aromatic carbocycles. The standard InChI is InChI=1S/C16H20N4OS/c1-11(15(21)20-19-12-7-3-2-4-8-12)17-16-18-13-9-5-6-10-14(13)22-16/h5-6,9-11H,2-4,7-8H2,1H3,(H,17,18)(H,20,21)/t11-/m1/s1. The maximum absolute atomic E-state index is 12.1. The maximum atomic E-state index is 12.1. The Bertz CT molecular complexity index is 653. The van der Waals surface area contributed by atoms with Gasteiger partial charge in [-0.25, -0.2) is 10.4 Å². The number of thiazole rings is 1. The van der Waals surface area contributed by atoms with E-state index in [-0.39, 0.29) is 11.9 Å². The molecule has 0 bridgehead atoms. The molecular weight excluding hydrogens is 296 g/mol. The molecule has 1 heterocycles. The summed E-state index contributed by atoms with van der Waals surface area (Å²) in [5.74, 6) is -0.127. The van der Waals surface area contributed by atoms with E-state index in [4.69, 9.17) is 0 Å². The van der Waals surface area contributed by atoms with Crippen LogP contribution >= 0.6 is 11.3 Å². The number of amides is 1. The number of nitrogens with one attached hydrogen (secondary N) is 2. The number of carbonyl (C=O) groups is 1. The Hall–Kier alpha value is -1.95. The zero-order valence-corrected chi connectivity index (χ0v) is 13.4. The van der Waals surface area contributed by atoms with Crippen LogP contribution in [0.25, 0.3) is 10.2 Å². The predicted molar refractivity (Wildman–Crippen MR) is 91.4 cm³/mol. The average Bonchev–Trinajstić information content (AvgIpc) is 2.95. The lowest BCUT2D eigenvalue weighted by Crippen LogP contribution is -2.35. The number of benzene rings is 1. The van der Waals surface area contributed by atoms with Crippen LogP contribution in [0.1, 0.15) is 39.0 Å². The van der Waals surface area contributed by atoms with E-state index in [1.807, 2.05) is 31.2 Å². The normalized spacial score (nSPS) is 16.3. The van der Waals surface area contributed by atoms with E-state index in [9.17, 15) is 4.79 Å². The minimum absolute atomic E-state index is 0.127. The summed E-state index contributed by atoms with van der Waals surface area (Å²) in [5.41, 5.74) is 4.72. The first-order chi connectivity index (χ1) is 10.7. The summed E-state index contributed by atoms with van der Waals surface area (Å²) in [6.45, 7) is 1.82. The number of anilines is 1. The van der Waals surface area contributed by atoms with Gasteiger partial charge in [-0.05, 0) is 44.7 Å². The Balaban J connectivity index is 1.58. The van der Waals surface area contributed by atoms with E-state index >= 15 is 0 Å². The quantitative estimate of drug-likeness (QED) is 0.848. The van der Waals surface area contributed by atoms with Crippen molar-refractivity contribution in [3.63, 3.8) is 0 Å². The fraction of sp³-hybridized carbons (Fsp3) is 0.438. The molecule has 0 aliphatic heterocycles. The Morgan fingerprint density at radius 1 is 1.27 bits per heavy atom. The average molecular weight is 316 g/mol. The second-order valence-corrected chi connectivity index (χ2v) is 6.60. The van der Waals surface area contributed by atoms with E-state index in [1.165, 1.54) is 19.3 Å². The smallest absolute Gasteiger partial charge is 0.262 e. The van der Waals surface area contributed by atoms with E-state index < -0.39 is 0 Å². The van der Waals surface area contributed by atoms with Crippen LogP contribution < -0.4 is 10.7 Å². The SMILES string of the molecule is C[C@@H](Nc1nc2ccccc2s1)C(=O)NN=C1CCCCC1. The number of hydrogen-bond donors (Lipinski definition) is 2. The summed E-state index contributed by atoms with van der Waals surface area (Å²) in [6.07, 6.45) is 5.62. The fourth-order valence-electron chi connectivity index (χ4n) is 2.49. The minimum atomic E-state index is -0.367. The van der Waals surface area contributed by atoms with Crippen molar-refractivity contribution in [2.75, 3.05) is 5.32 Å². The van der Waals surface area contributed by atoms with Crippen molar-refractivity contribution < 1.29 is 4.79 Å². The van der Waals surface area contributed by atoms with Gasteiger partial charge in [-0.2, -0.15) is 5.10 Å². The van der Waals surface area contributed by atoms with Gasteiger partial charge in [0.2, 0.25) is 0 Å². The molecule has 1 aromatic heterocycles. The van der Waals surface area contributed by atoms with Crippen LogP contribution in [0.4, 0.5) is 5.13 Å². The van der Waals surface area contributed by atoms with Gasteiger partial charge in [0.05, 0.1) is 10.2 Å². The number of hydrogen-bond acceptors (Lipinski definition) is 5. The van der Waals surface area contributed by atoms with Gasteiger partial charge in [-0.3, -0.25) is 4.79 Å². The third kappa shape index (κ3) is 3.62. The molecule has 0 spiro atoms. The van der Waals surface area contributed by atoms with Crippen LogP contribution in [0, 0.1) is 0 Å². The number of aromatic nitrogens is 1. The minimum Gasteiger partial charge on any atom is -0.350 e. The lowest BCUT2D eigenvalue weighted by atomic mass is 9.99. The first-order valence-corrected chi connectivity index (χ1v) is 8.51. The van der Waals surface area contributed by atoms with Gasteiger partial charge in [0.1, 0.15) is 6.04 Å². The molecule has 0 radical (unpaired) electrons. The van der Waals surface area contributed by atoms with E-state index in [0.717, 1.165) is 33.9 Å². The van der Waals surface area contributed by atoms with Crippen LogP contribution in [-0.2, 0) is 4.79 Å². The first-order valence-electron chi connectivity index (χ1n) is 7.70. The van der Waals surface area contributed by atoms with E-state index in [1.54, 1.807) is 11.3 Å². The highest BCUT2D eigenvalue weighted by molar-refractivity contribution is 7.22.